The standard InChI is InChI=1S/C20H20ClFN4/c21-19-17(7-8-26-18(9-12-1-2-12)24-25-20(19)26)23-11-14-10-16(14)13-3-5-15(22)6-4-13/h3-8,12,14,16,23H,1-2,9-11H2/t14-,16-/m0/s1. The lowest BCUT2D eigenvalue weighted by atomic mass is 10.1. The second-order valence-corrected chi connectivity index (χ2v) is 7.91. The van der Waals surface area contributed by atoms with E-state index in [0.717, 1.165) is 42.5 Å². The maximum absolute atomic E-state index is 13.0. The predicted octanol–water partition coefficient (Wildman–Crippen LogP) is 4.69. The first-order valence-electron chi connectivity index (χ1n) is 9.20. The number of aromatic nitrogens is 3. The summed E-state index contributed by atoms with van der Waals surface area (Å²) in [5.74, 6) is 2.63. The van der Waals surface area contributed by atoms with Crippen LogP contribution in [-0.2, 0) is 6.42 Å². The molecule has 2 saturated carbocycles. The Labute approximate surface area is 156 Å². The first kappa shape index (κ1) is 16.1. The number of pyridine rings is 1. The number of benzene rings is 1. The molecule has 3 aromatic rings. The largest absolute Gasteiger partial charge is 0.383 e. The highest BCUT2D eigenvalue weighted by Gasteiger charge is 2.38. The van der Waals surface area contributed by atoms with Crippen molar-refractivity contribution < 1.29 is 4.39 Å². The zero-order valence-corrected chi connectivity index (χ0v) is 15.1. The molecule has 2 heterocycles. The zero-order valence-electron chi connectivity index (χ0n) is 14.3. The molecule has 0 unspecified atom stereocenters. The highest BCUT2D eigenvalue weighted by Crippen LogP contribution is 2.47. The number of rotatable bonds is 6. The molecule has 2 aliphatic carbocycles. The van der Waals surface area contributed by atoms with E-state index in [1.54, 1.807) is 0 Å². The topological polar surface area (TPSA) is 42.2 Å². The quantitative estimate of drug-likeness (QED) is 0.684. The first-order chi connectivity index (χ1) is 12.7. The Morgan fingerprint density at radius 3 is 2.73 bits per heavy atom. The van der Waals surface area contributed by atoms with Crippen molar-refractivity contribution in [2.75, 3.05) is 11.9 Å². The van der Waals surface area contributed by atoms with E-state index in [9.17, 15) is 4.39 Å². The molecule has 4 nitrogen and oxygen atoms in total. The van der Waals surface area contributed by atoms with E-state index in [2.05, 4.69) is 15.5 Å². The lowest BCUT2D eigenvalue weighted by Gasteiger charge is -2.09. The lowest BCUT2D eigenvalue weighted by molar-refractivity contribution is 0.627. The van der Waals surface area contributed by atoms with Crippen LogP contribution in [0.3, 0.4) is 0 Å². The van der Waals surface area contributed by atoms with E-state index in [1.165, 1.54) is 30.5 Å². The third-order valence-electron chi connectivity index (χ3n) is 5.53. The Kier molecular flexibility index (Phi) is 3.85. The molecule has 0 amide bonds. The van der Waals surface area contributed by atoms with E-state index in [4.69, 9.17) is 11.6 Å². The Morgan fingerprint density at radius 1 is 1.15 bits per heavy atom. The van der Waals surface area contributed by atoms with Crippen molar-refractivity contribution in [2.24, 2.45) is 11.8 Å². The molecule has 0 aliphatic heterocycles. The van der Waals surface area contributed by atoms with Crippen LogP contribution in [0.15, 0.2) is 36.5 Å². The van der Waals surface area contributed by atoms with Gasteiger partial charge in [0.15, 0.2) is 5.65 Å². The van der Waals surface area contributed by atoms with Gasteiger partial charge in [-0.05, 0) is 60.8 Å². The van der Waals surface area contributed by atoms with Gasteiger partial charge in [-0.1, -0.05) is 23.7 Å². The molecule has 0 saturated heterocycles. The third-order valence-corrected chi connectivity index (χ3v) is 5.91. The molecular formula is C20H20ClFN4. The molecule has 2 atom stereocenters. The summed E-state index contributed by atoms with van der Waals surface area (Å²) in [6, 6.07) is 8.85. The summed E-state index contributed by atoms with van der Waals surface area (Å²) in [7, 11) is 0. The summed E-state index contributed by atoms with van der Waals surface area (Å²) < 4.78 is 15.0. The second kappa shape index (κ2) is 6.23. The van der Waals surface area contributed by atoms with Crippen molar-refractivity contribution in [1.82, 2.24) is 14.6 Å². The minimum atomic E-state index is -0.182. The maximum atomic E-state index is 13.0. The fourth-order valence-corrected chi connectivity index (χ4v) is 3.92. The van der Waals surface area contributed by atoms with Crippen molar-refractivity contribution >= 4 is 22.9 Å². The van der Waals surface area contributed by atoms with Gasteiger partial charge in [-0.15, -0.1) is 10.2 Å². The number of nitrogens with one attached hydrogen (secondary N) is 1. The average molecular weight is 371 g/mol. The fourth-order valence-electron chi connectivity index (χ4n) is 3.66. The van der Waals surface area contributed by atoms with Gasteiger partial charge in [-0.25, -0.2) is 4.39 Å². The van der Waals surface area contributed by atoms with Gasteiger partial charge in [0.05, 0.1) is 5.69 Å². The van der Waals surface area contributed by atoms with Gasteiger partial charge in [-0.3, -0.25) is 4.40 Å². The van der Waals surface area contributed by atoms with Crippen LogP contribution in [0.1, 0.15) is 36.6 Å². The molecule has 26 heavy (non-hydrogen) atoms. The Morgan fingerprint density at radius 2 is 1.96 bits per heavy atom. The third kappa shape index (κ3) is 3.05. The van der Waals surface area contributed by atoms with Crippen LogP contribution in [-0.4, -0.2) is 21.1 Å². The molecular weight excluding hydrogens is 351 g/mol. The van der Waals surface area contributed by atoms with Crippen LogP contribution in [0.4, 0.5) is 10.1 Å². The highest BCUT2D eigenvalue weighted by atomic mass is 35.5. The average Bonchev–Trinajstić information content (AvgIpc) is 3.55. The minimum absolute atomic E-state index is 0.182. The van der Waals surface area contributed by atoms with Crippen LogP contribution in [0.5, 0.6) is 0 Å². The Bertz CT molecular complexity index is 948. The number of hydrogen-bond acceptors (Lipinski definition) is 3. The van der Waals surface area contributed by atoms with Crippen LogP contribution in [0, 0.1) is 17.7 Å². The Hall–Kier alpha value is -2.14. The summed E-state index contributed by atoms with van der Waals surface area (Å²) in [5, 5.41) is 12.7. The molecule has 2 fully saturated rings. The van der Waals surface area contributed by atoms with Gasteiger partial charge in [0.2, 0.25) is 0 Å². The predicted molar refractivity (Wildman–Crippen MR) is 100 cm³/mol. The molecule has 6 heteroatoms. The minimum Gasteiger partial charge on any atom is -0.383 e. The molecule has 0 bridgehead atoms. The normalized spacial score (nSPS) is 21.9. The molecule has 5 rings (SSSR count). The highest BCUT2D eigenvalue weighted by molar-refractivity contribution is 6.36. The van der Waals surface area contributed by atoms with E-state index in [-0.39, 0.29) is 5.82 Å². The maximum Gasteiger partial charge on any atom is 0.181 e. The fraction of sp³-hybridized carbons (Fsp3) is 0.400. The molecule has 0 radical (unpaired) electrons. The zero-order chi connectivity index (χ0) is 17.7. The summed E-state index contributed by atoms with van der Waals surface area (Å²) in [6.07, 6.45) is 6.68. The van der Waals surface area contributed by atoms with Gasteiger partial charge < -0.3 is 5.32 Å². The van der Waals surface area contributed by atoms with Crippen molar-refractivity contribution in [3.05, 3.63) is 58.8 Å². The monoisotopic (exact) mass is 370 g/mol. The number of nitrogens with zero attached hydrogens (tertiary/aromatic N) is 3. The molecule has 1 aromatic carbocycles. The van der Waals surface area contributed by atoms with Crippen molar-refractivity contribution in [2.45, 2.75) is 31.6 Å². The van der Waals surface area contributed by atoms with Gasteiger partial charge in [-0.2, -0.15) is 0 Å². The summed E-state index contributed by atoms with van der Waals surface area (Å²) >= 11 is 6.55. The second-order valence-electron chi connectivity index (χ2n) is 7.54. The number of fused-ring (bicyclic) bond motifs is 1. The number of halogens is 2. The van der Waals surface area contributed by atoms with Crippen LogP contribution >= 0.6 is 11.6 Å². The molecule has 134 valence electrons. The van der Waals surface area contributed by atoms with Gasteiger partial charge >= 0.3 is 0 Å². The van der Waals surface area contributed by atoms with E-state index in [0.29, 0.717) is 16.9 Å². The van der Waals surface area contributed by atoms with E-state index >= 15 is 0 Å². The summed E-state index contributed by atoms with van der Waals surface area (Å²) in [4.78, 5) is 0. The van der Waals surface area contributed by atoms with Gasteiger partial charge in [0, 0.05) is 19.2 Å². The SMILES string of the molecule is Fc1ccc([C@@H]2C[C@H]2CNc2ccn3c(CC4CC4)nnc3c2Cl)cc1. The number of anilines is 1. The van der Waals surface area contributed by atoms with Gasteiger partial charge in [0.1, 0.15) is 16.7 Å². The molecule has 2 aliphatic rings. The van der Waals surface area contributed by atoms with E-state index in [1.807, 2.05) is 28.8 Å². The van der Waals surface area contributed by atoms with Crippen LogP contribution < -0.4 is 5.32 Å². The van der Waals surface area contributed by atoms with Crippen LogP contribution in [0.2, 0.25) is 5.02 Å². The summed E-state index contributed by atoms with van der Waals surface area (Å²) in [6.45, 7) is 0.848. The Balaban J connectivity index is 1.26. The summed E-state index contributed by atoms with van der Waals surface area (Å²) in [5.41, 5.74) is 2.83. The van der Waals surface area contributed by atoms with Crippen LogP contribution in [0.25, 0.3) is 5.65 Å². The first-order valence-corrected chi connectivity index (χ1v) is 9.58. The van der Waals surface area contributed by atoms with Crippen molar-refractivity contribution in [1.29, 1.82) is 0 Å². The molecule has 2 aromatic heterocycles. The molecule has 0 spiro atoms. The lowest BCUT2D eigenvalue weighted by Crippen LogP contribution is -2.06. The molecule has 1 N–H and O–H groups in total. The van der Waals surface area contributed by atoms with E-state index < -0.39 is 0 Å². The van der Waals surface area contributed by atoms with Crippen molar-refractivity contribution in [3.8, 4) is 0 Å². The van der Waals surface area contributed by atoms with Crippen molar-refractivity contribution in [3.63, 3.8) is 0 Å². The number of hydrogen-bond donors (Lipinski definition) is 1. The smallest absolute Gasteiger partial charge is 0.181 e. The van der Waals surface area contributed by atoms with Gasteiger partial charge in [0.25, 0.3) is 0 Å².